The standard InChI is InChI=1S/C25H21N3O5/c1-31-21-7-2-3-8-22(21)32-16-20-9-10-23(33-20)25(30)28-19-6-4-5-17(15-19)24(29)27-18-11-13-26-14-12-18/h2-15H,16H2,1H3,(H,28,30)(H,26,27,29). The van der Waals surface area contributed by atoms with Crippen LogP contribution in [0.4, 0.5) is 11.4 Å². The number of ether oxygens (including phenoxy) is 2. The quantitative estimate of drug-likeness (QED) is 0.407. The second-order valence-corrected chi connectivity index (χ2v) is 6.93. The normalized spacial score (nSPS) is 10.3. The SMILES string of the molecule is COc1ccccc1OCc1ccc(C(=O)Nc2cccc(C(=O)Nc3ccncc3)c2)o1. The fourth-order valence-electron chi connectivity index (χ4n) is 3.03. The number of hydrogen-bond acceptors (Lipinski definition) is 6. The van der Waals surface area contributed by atoms with Crippen molar-refractivity contribution in [1.82, 2.24) is 4.98 Å². The van der Waals surface area contributed by atoms with E-state index in [2.05, 4.69) is 15.6 Å². The molecule has 4 rings (SSSR count). The minimum atomic E-state index is -0.440. The molecule has 2 N–H and O–H groups in total. The smallest absolute Gasteiger partial charge is 0.291 e. The lowest BCUT2D eigenvalue weighted by Gasteiger charge is -2.09. The molecule has 0 fully saturated rings. The Morgan fingerprint density at radius 3 is 2.39 bits per heavy atom. The van der Waals surface area contributed by atoms with E-state index >= 15 is 0 Å². The summed E-state index contributed by atoms with van der Waals surface area (Å²) in [6.07, 6.45) is 3.18. The van der Waals surface area contributed by atoms with Crippen molar-refractivity contribution < 1.29 is 23.5 Å². The van der Waals surface area contributed by atoms with Crippen LogP contribution >= 0.6 is 0 Å². The molecule has 0 aliphatic carbocycles. The summed E-state index contributed by atoms with van der Waals surface area (Å²) < 4.78 is 16.6. The third kappa shape index (κ3) is 5.56. The van der Waals surface area contributed by atoms with Crippen LogP contribution in [-0.4, -0.2) is 23.9 Å². The highest BCUT2D eigenvalue weighted by atomic mass is 16.5. The zero-order valence-electron chi connectivity index (χ0n) is 17.8. The maximum Gasteiger partial charge on any atom is 0.291 e. The van der Waals surface area contributed by atoms with Crippen molar-refractivity contribution in [1.29, 1.82) is 0 Å². The molecule has 33 heavy (non-hydrogen) atoms. The monoisotopic (exact) mass is 443 g/mol. The second kappa shape index (κ2) is 10.1. The van der Waals surface area contributed by atoms with Gasteiger partial charge in [0.05, 0.1) is 7.11 Å². The largest absolute Gasteiger partial charge is 0.493 e. The maximum absolute atomic E-state index is 12.6. The Labute approximate surface area is 190 Å². The van der Waals surface area contributed by atoms with Crippen LogP contribution in [0.3, 0.4) is 0 Å². The number of methoxy groups -OCH3 is 1. The van der Waals surface area contributed by atoms with Crippen LogP contribution in [0.5, 0.6) is 11.5 Å². The van der Waals surface area contributed by atoms with Crippen LogP contribution in [0.1, 0.15) is 26.7 Å². The first-order valence-corrected chi connectivity index (χ1v) is 10.1. The summed E-state index contributed by atoms with van der Waals surface area (Å²) in [4.78, 5) is 29.0. The highest BCUT2D eigenvalue weighted by Gasteiger charge is 2.14. The molecule has 0 radical (unpaired) electrons. The third-order valence-corrected chi connectivity index (χ3v) is 4.65. The van der Waals surface area contributed by atoms with Gasteiger partial charge in [-0.1, -0.05) is 18.2 Å². The molecule has 166 valence electrons. The fourth-order valence-corrected chi connectivity index (χ4v) is 3.03. The van der Waals surface area contributed by atoms with Gasteiger partial charge >= 0.3 is 0 Å². The highest BCUT2D eigenvalue weighted by Crippen LogP contribution is 2.27. The molecule has 0 aliphatic rings. The minimum Gasteiger partial charge on any atom is -0.493 e. The summed E-state index contributed by atoms with van der Waals surface area (Å²) in [5.41, 5.74) is 1.49. The Kier molecular flexibility index (Phi) is 6.65. The molecule has 2 aromatic carbocycles. The van der Waals surface area contributed by atoms with Gasteiger partial charge in [0.1, 0.15) is 12.4 Å². The number of furan rings is 1. The molecule has 0 bridgehead atoms. The number of aromatic nitrogens is 1. The molecule has 8 nitrogen and oxygen atoms in total. The van der Waals surface area contributed by atoms with Gasteiger partial charge in [-0.05, 0) is 54.6 Å². The van der Waals surface area contributed by atoms with E-state index in [0.717, 1.165) is 0 Å². The number of carbonyl (C=O) groups is 2. The van der Waals surface area contributed by atoms with Crippen LogP contribution in [0.15, 0.2) is 89.6 Å². The zero-order chi connectivity index (χ0) is 23.0. The lowest BCUT2D eigenvalue weighted by Crippen LogP contribution is -2.14. The maximum atomic E-state index is 12.6. The summed E-state index contributed by atoms with van der Waals surface area (Å²) >= 11 is 0. The lowest BCUT2D eigenvalue weighted by atomic mass is 10.2. The number of anilines is 2. The van der Waals surface area contributed by atoms with Gasteiger partial charge in [0.25, 0.3) is 11.8 Å². The number of amides is 2. The van der Waals surface area contributed by atoms with Gasteiger partial charge in [-0.3, -0.25) is 14.6 Å². The summed E-state index contributed by atoms with van der Waals surface area (Å²) in [7, 11) is 1.56. The van der Waals surface area contributed by atoms with Crippen LogP contribution in [0.2, 0.25) is 0 Å². The van der Waals surface area contributed by atoms with E-state index in [-0.39, 0.29) is 18.3 Å². The van der Waals surface area contributed by atoms with Gasteiger partial charge in [-0.25, -0.2) is 0 Å². The highest BCUT2D eigenvalue weighted by molar-refractivity contribution is 6.06. The molecule has 8 heteroatoms. The molecule has 2 heterocycles. The molecule has 0 atom stereocenters. The first kappa shape index (κ1) is 21.6. The number of nitrogens with one attached hydrogen (secondary N) is 2. The Hall–Kier alpha value is -4.59. The summed E-state index contributed by atoms with van der Waals surface area (Å²) in [6, 6.07) is 20.5. The van der Waals surface area contributed by atoms with Crippen molar-refractivity contribution in [2.75, 3.05) is 17.7 Å². The number of hydrogen-bond donors (Lipinski definition) is 2. The summed E-state index contributed by atoms with van der Waals surface area (Å²) in [5, 5.41) is 5.52. The predicted molar refractivity (Wildman–Crippen MR) is 123 cm³/mol. The molecular weight excluding hydrogens is 422 g/mol. The number of rotatable bonds is 8. The van der Waals surface area contributed by atoms with Crippen LogP contribution < -0.4 is 20.1 Å². The van der Waals surface area contributed by atoms with Crippen molar-refractivity contribution in [3.8, 4) is 11.5 Å². The Morgan fingerprint density at radius 1 is 0.848 bits per heavy atom. The minimum absolute atomic E-state index is 0.125. The van der Waals surface area contributed by atoms with Gasteiger partial charge in [0.15, 0.2) is 17.3 Å². The van der Waals surface area contributed by atoms with Crippen molar-refractivity contribution >= 4 is 23.2 Å². The number of benzene rings is 2. The van der Waals surface area contributed by atoms with Gasteiger partial charge in [0, 0.05) is 29.3 Å². The van der Waals surface area contributed by atoms with Crippen molar-refractivity contribution in [3.63, 3.8) is 0 Å². The van der Waals surface area contributed by atoms with E-state index < -0.39 is 5.91 Å². The van der Waals surface area contributed by atoms with Crippen molar-refractivity contribution in [2.45, 2.75) is 6.61 Å². The van der Waals surface area contributed by atoms with E-state index in [1.54, 1.807) is 80.2 Å². The number of pyridine rings is 1. The van der Waals surface area contributed by atoms with E-state index in [1.807, 2.05) is 12.1 Å². The molecule has 0 saturated carbocycles. The average molecular weight is 443 g/mol. The molecule has 0 saturated heterocycles. The number of para-hydroxylation sites is 2. The van der Waals surface area contributed by atoms with Crippen LogP contribution in [-0.2, 0) is 6.61 Å². The molecular formula is C25H21N3O5. The lowest BCUT2D eigenvalue weighted by molar-refractivity contribution is 0.0989. The Balaban J connectivity index is 1.37. The molecule has 2 aromatic heterocycles. The average Bonchev–Trinajstić information content (AvgIpc) is 3.33. The zero-order valence-corrected chi connectivity index (χ0v) is 17.8. The molecule has 2 amide bonds. The Bertz CT molecular complexity index is 1250. The topological polar surface area (TPSA) is 103 Å². The molecule has 4 aromatic rings. The third-order valence-electron chi connectivity index (χ3n) is 4.65. The fraction of sp³-hybridized carbons (Fsp3) is 0.0800. The van der Waals surface area contributed by atoms with Gasteiger partial charge < -0.3 is 24.5 Å². The number of carbonyl (C=O) groups excluding carboxylic acids is 2. The van der Waals surface area contributed by atoms with Gasteiger partial charge in [-0.15, -0.1) is 0 Å². The van der Waals surface area contributed by atoms with Crippen LogP contribution in [0.25, 0.3) is 0 Å². The van der Waals surface area contributed by atoms with Gasteiger partial charge in [-0.2, -0.15) is 0 Å². The number of nitrogens with zero attached hydrogens (tertiary/aromatic N) is 1. The van der Waals surface area contributed by atoms with E-state index in [1.165, 1.54) is 0 Å². The first-order chi connectivity index (χ1) is 16.1. The second-order valence-electron chi connectivity index (χ2n) is 6.93. The summed E-state index contributed by atoms with van der Waals surface area (Å²) in [5.74, 6) is 1.05. The Morgan fingerprint density at radius 2 is 1.61 bits per heavy atom. The summed E-state index contributed by atoms with van der Waals surface area (Å²) in [6.45, 7) is 0.137. The predicted octanol–water partition coefficient (Wildman–Crippen LogP) is 4.77. The van der Waals surface area contributed by atoms with E-state index in [0.29, 0.717) is 34.2 Å². The molecule has 0 aliphatic heterocycles. The van der Waals surface area contributed by atoms with Crippen molar-refractivity contribution in [2.24, 2.45) is 0 Å². The van der Waals surface area contributed by atoms with Crippen LogP contribution in [0, 0.1) is 0 Å². The molecule has 0 unspecified atom stereocenters. The first-order valence-electron chi connectivity index (χ1n) is 10.1. The van der Waals surface area contributed by atoms with E-state index in [4.69, 9.17) is 13.9 Å². The molecule has 0 spiro atoms. The van der Waals surface area contributed by atoms with Gasteiger partial charge in [0.2, 0.25) is 0 Å². The van der Waals surface area contributed by atoms with E-state index in [9.17, 15) is 9.59 Å². The van der Waals surface area contributed by atoms with Crippen molar-refractivity contribution in [3.05, 3.63) is 102 Å².